The second-order valence-electron chi connectivity index (χ2n) is 6.66. The summed E-state index contributed by atoms with van der Waals surface area (Å²) in [7, 11) is 0. The average Bonchev–Trinajstić information content (AvgIpc) is 3.37. The maximum absolute atomic E-state index is 13.1. The van der Waals surface area contributed by atoms with Gasteiger partial charge in [-0.15, -0.1) is 0 Å². The molecule has 8 nitrogen and oxygen atoms in total. The maximum atomic E-state index is 13.1. The summed E-state index contributed by atoms with van der Waals surface area (Å²) in [6.45, 7) is 2.81. The van der Waals surface area contributed by atoms with Crippen LogP contribution in [-0.4, -0.2) is 57.8 Å². The number of carboxylic acids is 1. The van der Waals surface area contributed by atoms with Crippen molar-refractivity contribution in [3.8, 4) is 0 Å². The summed E-state index contributed by atoms with van der Waals surface area (Å²) in [5.41, 5.74) is 2.41. The van der Waals surface area contributed by atoms with Crippen LogP contribution in [0.2, 0.25) is 0 Å². The van der Waals surface area contributed by atoms with Gasteiger partial charge in [-0.05, 0) is 25.8 Å². The normalized spacial score (nSPS) is 20.8. The molecule has 1 aliphatic heterocycles. The number of carboxylic acid groups (broad SMARTS) is 1. The first-order valence-corrected chi connectivity index (χ1v) is 8.42. The van der Waals surface area contributed by atoms with Gasteiger partial charge in [0.15, 0.2) is 0 Å². The predicted octanol–water partition coefficient (Wildman–Crippen LogP) is 1.72. The highest BCUT2D eigenvalue weighted by atomic mass is 16.5. The molecule has 1 saturated heterocycles. The zero-order valence-corrected chi connectivity index (χ0v) is 13.9. The van der Waals surface area contributed by atoms with Crippen molar-refractivity contribution in [2.45, 2.75) is 38.2 Å². The number of amides is 1. The van der Waals surface area contributed by atoms with Crippen molar-refractivity contribution in [3.05, 3.63) is 23.0 Å². The van der Waals surface area contributed by atoms with Gasteiger partial charge < -0.3 is 19.3 Å². The molecule has 25 heavy (non-hydrogen) atoms. The zero-order chi connectivity index (χ0) is 17.6. The molecule has 1 saturated carbocycles. The number of rotatable bonds is 4. The van der Waals surface area contributed by atoms with E-state index in [1.807, 2.05) is 6.07 Å². The van der Waals surface area contributed by atoms with Gasteiger partial charge in [-0.3, -0.25) is 9.59 Å². The van der Waals surface area contributed by atoms with Crippen LogP contribution in [0.5, 0.6) is 0 Å². The summed E-state index contributed by atoms with van der Waals surface area (Å²) in [6.07, 6.45) is 1.53. The van der Waals surface area contributed by atoms with Gasteiger partial charge in [0, 0.05) is 24.7 Å². The summed E-state index contributed by atoms with van der Waals surface area (Å²) in [5.74, 6) is -0.707. The summed E-state index contributed by atoms with van der Waals surface area (Å²) < 4.78 is 10.7. The van der Waals surface area contributed by atoms with Gasteiger partial charge in [0.2, 0.25) is 0 Å². The second kappa shape index (κ2) is 6.11. The lowest BCUT2D eigenvalue weighted by Gasteiger charge is -2.32. The Labute approximate surface area is 143 Å². The van der Waals surface area contributed by atoms with Gasteiger partial charge in [-0.25, -0.2) is 4.98 Å². The summed E-state index contributed by atoms with van der Waals surface area (Å²) in [4.78, 5) is 30.2. The van der Waals surface area contributed by atoms with E-state index >= 15 is 0 Å². The van der Waals surface area contributed by atoms with Crippen molar-refractivity contribution in [3.63, 3.8) is 0 Å². The van der Waals surface area contributed by atoms with E-state index in [-0.39, 0.29) is 18.9 Å². The van der Waals surface area contributed by atoms with E-state index in [4.69, 9.17) is 14.4 Å². The number of aromatic nitrogens is 2. The highest BCUT2D eigenvalue weighted by molar-refractivity contribution is 6.06. The molecule has 2 fully saturated rings. The van der Waals surface area contributed by atoms with Gasteiger partial charge in [0.25, 0.3) is 11.6 Å². The van der Waals surface area contributed by atoms with Crippen molar-refractivity contribution >= 4 is 23.0 Å². The molecule has 0 spiro atoms. The minimum atomic E-state index is -0.934. The third-order valence-corrected chi connectivity index (χ3v) is 4.69. The highest BCUT2D eigenvalue weighted by Gasteiger charge is 2.32. The molecule has 1 amide bonds. The van der Waals surface area contributed by atoms with E-state index in [1.165, 1.54) is 0 Å². The Morgan fingerprint density at radius 3 is 2.92 bits per heavy atom. The topological polar surface area (TPSA) is 106 Å². The fourth-order valence-corrected chi connectivity index (χ4v) is 3.26. The summed E-state index contributed by atoms with van der Waals surface area (Å²) >= 11 is 0. The van der Waals surface area contributed by atoms with Crippen LogP contribution < -0.4 is 0 Å². The van der Waals surface area contributed by atoms with E-state index in [1.54, 1.807) is 11.8 Å². The number of morpholine rings is 1. The first-order valence-electron chi connectivity index (χ1n) is 8.42. The van der Waals surface area contributed by atoms with Crippen LogP contribution in [0.15, 0.2) is 10.6 Å². The Hall–Kier alpha value is -2.48. The van der Waals surface area contributed by atoms with Crippen LogP contribution in [0.25, 0.3) is 11.1 Å². The summed E-state index contributed by atoms with van der Waals surface area (Å²) in [5, 5.41) is 13.5. The molecular weight excluding hydrogens is 326 g/mol. The van der Waals surface area contributed by atoms with Crippen LogP contribution in [0, 0.1) is 6.92 Å². The Bertz CT molecular complexity index is 842. The molecule has 2 aliphatic rings. The van der Waals surface area contributed by atoms with Crippen LogP contribution in [0.1, 0.15) is 46.9 Å². The fraction of sp³-hybridized carbons (Fsp3) is 0.529. The van der Waals surface area contributed by atoms with Gasteiger partial charge in [-0.1, -0.05) is 5.16 Å². The third kappa shape index (κ3) is 3.09. The zero-order valence-electron chi connectivity index (χ0n) is 13.9. The van der Waals surface area contributed by atoms with Crippen molar-refractivity contribution in [1.29, 1.82) is 0 Å². The quantitative estimate of drug-likeness (QED) is 0.899. The number of carbonyl (C=O) groups excluding carboxylic acids is 1. The molecule has 0 unspecified atom stereocenters. The monoisotopic (exact) mass is 345 g/mol. The number of fused-ring (bicyclic) bond motifs is 1. The molecule has 0 aromatic carbocycles. The first-order chi connectivity index (χ1) is 12.0. The average molecular weight is 345 g/mol. The molecule has 1 N–H and O–H groups in total. The number of aryl methyl sites for hydroxylation is 1. The largest absolute Gasteiger partial charge is 0.481 e. The Balaban J connectivity index is 1.67. The Morgan fingerprint density at radius 1 is 1.40 bits per heavy atom. The molecule has 2 aromatic rings. The molecule has 132 valence electrons. The highest BCUT2D eigenvalue weighted by Crippen LogP contribution is 2.40. The lowest BCUT2D eigenvalue weighted by atomic mass is 10.1. The van der Waals surface area contributed by atoms with Gasteiger partial charge in [0.1, 0.15) is 0 Å². The molecule has 1 aliphatic carbocycles. The number of pyridine rings is 1. The minimum Gasteiger partial charge on any atom is -0.481 e. The van der Waals surface area contributed by atoms with Crippen molar-refractivity contribution in [1.82, 2.24) is 15.0 Å². The Morgan fingerprint density at radius 2 is 2.20 bits per heavy atom. The SMILES string of the molecule is Cc1noc2nc(C3CC3)cc(C(=O)N3CCO[C@H](CC(=O)O)C3)c12. The maximum Gasteiger partial charge on any atom is 0.306 e. The van der Waals surface area contributed by atoms with E-state index in [2.05, 4.69) is 10.1 Å². The van der Waals surface area contributed by atoms with E-state index in [0.717, 1.165) is 18.5 Å². The number of aliphatic carboxylic acids is 1. The van der Waals surface area contributed by atoms with Gasteiger partial charge in [0.05, 0.1) is 35.8 Å². The number of nitrogens with zero attached hydrogens (tertiary/aromatic N) is 3. The molecule has 2 aromatic heterocycles. The second-order valence-corrected chi connectivity index (χ2v) is 6.66. The Kier molecular flexibility index (Phi) is 3.91. The van der Waals surface area contributed by atoms with Crippen LogP contribution in [0.3, 0.4) is 0 Å². The molecule has 3 heterocycles. The standard InChI is InChI=1S/C17H19N3O5/c1-9-15-12(7-13(10-2-3-10)18-16(15)25-19-9)17(23)20-4-5-24-11(8-20)6-14(21)22/h7,10-11H,2-6,8H2,1H3,(H,21,22)/t11-/m1/s1. The smallest absolute Gasteiger partial charge is 0.306 e. The third-order valence-electron chi connectivity index (χ3n) is 4.69. The van der Waals surface area contributed by atoms with E-state index in [9.17, 15) is 9.59 Å². The van der Waals surface area contributed by atoms with Crippen molar-refractivity contribution in [2.75, 3.05) is 19.7 Å². The van der Waals surface area contributed by atoms with Gasteiger partial charge >= 0.3 is 5.97 Å². The lowest BCUT2D eigenvalue weighted by molar-refractivity contribution is -0.141. The van der Waals surface area contributed by atoms with Crippen molar-refractivity contribution < 1.29 is 24.0 Å². The van der Waals surface area contributed by atoms with Gasteiger partial charge in [-0.2, -0.15) is 0 Å². The first kappa shape index (κ1) is 16.0. The molecular formula is C17H19N3O5. The molecule has 0 radical (unpaired) electrons. The number of hydrogen-bond acceptors (Lipinski definition) is 6. The van der Waals surface area contributed by atoms with Crippen LogP contribution in [-0.2, 0) is 9.53 Å². The van der Waals surface area contributed by atoms with Crippen LogP contribution in [0.4, 0.5) is 0 Å². The molecule has 0 bridgehead atoms. The molecule has 1 atom stereocenters. The van der Waals surface area contributed by atoms with E-state index in [0.29, 0.717) is 41.4 Å². The lowest BCUT2D eigenvalue weighted by Crippen LogP contribution is -2.46. The molecule has 8 heteroatoms. The molecule has 4 rings (SSSR count). The predicted molar refractivity (Wildman–Crippen MR) is 86.4 cm³/mol. The van der Waals surface area contributed by atoms with Crippen molar-refractivity contribution in [2.24, 2.45) is 0 Å². The number of ether oxygens (including phenoxy) is 1. The number of hydrogen-bond donors (Lipinski definition) is 1. The van der Waals surface area contributed by atoms with Crippen LogP contribution >= 0.6 is 0 Å². The fourth-order valence-electron chi connectivity index (χ4n) is 3.26. The number of carbonyl (C=O) groups is 2. The van der Waals surface area contributed by atoms with E-state index < -0.39 is 12.1 Å². The minimum absolute atomic E-state index is 0.116. The summed E-state index contributed by atoms with van der Waals surface area (Å²) in [6, 6.07) is 1.84.